The van der Waals surface area contributed by atoms with E-state index in [1.54, 1.807) is 28.6 Å². The van der Waals surface area contributed by atoms with Crippen LogP contribution in [0.1, 0.15) is 29.3 Å². The lowest BCUT2D eigenvalue weighted by molar-refractivity contribution is -0.137. The van der Waals surface area contributed by atoms with Crippen molar-refractivity contribution >= 4 is 23.1 Å². The molecule has 3 aromatic rings. The standard InChI is InChI=1S/C21H19F3N4OS/c22-21(23,24)16-3-5-17(6-4-16)26-20(29)28-10-7-14(8-11-28)19-27-18(13-30-19)15-2-1-9-25-12-15/h1-6,9,12-14H,7-8,10-11H2,(H,26,29). The molecule has 1 aromatic carbocycles. The van der Waals surface area contributed by atoms with Crippen LogP contribution in [0.4, 0.5) is 23.7 Å². The van der Waals surface area contributed by atoms with Crippen LogP contribution >= 0.6 is 11.3 Å². The van der Waals surface area contributed by atoms with E-state index in [-0.39, 0.29) is 11.9 Å². The monoisotopic (exact) mass is 432 g/mol. The summed E-state index contributed by atoms with van der Waals surface area (Å²) in [6, 6.07) is 8.01. The molecular weight excluding hydrogens is 413 g/mol. The molecule has 3 heterocycles. The number of alkyl halides is 3. The number of aromatic nitrogens is 2. The number of urea groups is 1. The molecular formula is C21H19F3N4OS. The van der Waals surface area contributed by atoms with Gasteiger partial charge in [-0.25, -0.2) is 9.78 Å². The number of piperidine rings is 1. The quantitative estimate of drug-likeness (QED) is 0.583. The average molecular weight is 432 g/mol. The second-order valence-electron chi connectivity index (χ2n) is 7.08. The Morgan fingerprint density at radius 3 is 2.50 bits per heavy atom. The van der Waals surface area contributed by atoms with Crippen LogP contribution in [0, 0.1) is 0 Å². The van der Waals surface area contributed by atoms with Gasteiger partial charge in [0.2, 0.25) is 0 Å². The molecule has 1 aliphatic rings. The first kappa shape index (κ1) is 20.3. The first-order chi connectivity index (χ1) is 14.4. The molecule has 1 saturated heterocycles. The Balaban J connectivity index is 1.32. The van der Waals surface area contributed by atoms with Gasteiger partial charge < -0.3 is 10.2 Å². The number of anilines is 1. The van der Waals surface area contributed by atoms with Gasteiger partial charge in [0.1, 0.15) is 0 Å². The zero-order chi connectivity index (χ0) is 21.1. The second kappa shape index (κ2) is 8.43. The third kappa shape index (κ3) is 4.62. The number of halogens is 3. The number of nitrogens with zero attached hydrogens (tertiary/aromatic N) is 3. The van der Waals surface area contributed by atoms with Crippen LogP contribution in [-0.4, -0.2) is 34.0 Å². The Kier molecular flexibility index (Phi) is 5.72. The zero-order valence-corrected chi connectivity index (χ0v) is 16.7. The van der Waals surface area contributed by atoms with Gasteiger partial charge in [-0.15, -0.1) is 11.3 Å². The van der Waals surface area contributed by atoms with Crippen LogP contribution in [0.3, 0.4) is 0 Å². The number of hydrogen-bond acceptors (Lipinski definition) is 4. The highest BCUT2D eigenvalue weighted by molar-refractivity contribution is 7.10. The first-order valence-corrected chi connectivity index (χ1v) is 10.4. The van der Waals surface area contributed by atoms with Gasteiger partial charge >= 0.3 is 12.2 Å². The van der Waals surface area contributed by atoms with Crippen LogP contribution in [0.25, 0.3) is 11.3 Å². The lowest BCUT2D eigenvalue weighted by Crippen LogP contribution is -2.40. The van der Waals surface area contributed by atoms with Crippen LogP contribution in [0.15, 0.2) is 54.2 Å². The predicted molar refractivity (Wildman–Crippen MR) is 109 cm³/mol. The summed E-state index contributed by atoms with van der Waals surface area (Å²) in [5.74, 6) is 0.288. The lowest BCUT2D eigenvalue weighted by atomic mass is 9.98. The Morgan fingerprint density at radius 1 is 1.13 bits per heavy atom. The van der Waals surface area contributed by atoms with Crippen LogP contribution < -0.4 is 5.32 Å². The molecule has 0 aliphatic carbocycles. The van der Waals surface area contributed by atoms with Gasteiger partial charge in [-0.05, 0) is 49.2 Å². The minimum atomic E-state index is -4.39. The van der Waals surface area contributed by atoms with Crippen molar-refractivity contribution in [2.24, 2.45) is 0 Å². The average Bonchev–Trinajstić information content (AvgIpc) is 3.24. The molecule has 4 rings (SSSR count). The number of likely N-dealkylation sites (tertiary alicyclic amines) is 1. The van der Waals surface area contributed by atoms with E-state index in [0.29, 0.717) is 18.8 Å². The van der Waals surface area contributed by atoms with E-state index in [9.17, 15) is 18.0 Å². The van der Waals surface area contributed by atoms with Gasteiger partial charge in [-0.3, -0.25) is 4.98 Å². The van der Waals surface area contributed by atoms with Crippen molar-refractivity contribution < 1.29 is 18.0 Å². The normalized spacial score (nSPS) is 15.2. The summed E-state index contributed by atoms with van der Waals surface area (Å²) < 4.78 is 37.9. The van der Waals surface area contributed by atoms with Gasteiger partial charge in [0, 0.05) is 48.0 Å². The summed E-state index contributed by atoms with van der Waals surface area (Å²) in [4.78, 5) is 23.0. The van der Waals surface area contributed by atoms with Crippen LogP contribution in [0.5, 0.6) is 0 Å². The fraction of sp³-hybridized carbons (Fsp3) is 0.286. The fourth-order valence-corrected chi connectivity index (χ4v) is 4.40. The molecule has 1 aliphatic heterocycles. The Hall–Kier alpha value is -2.94. The van der Waals surface area contributed by atoms with Gasteiger partial charge in [0.05, 0.1) is 16.3 Å². The summed E-state index contributed by atoms with van der Waals surface area (Å²) in [7, 11) is 0. The smallest absolute Gasteiger partial charge is 0.324 e. The Bertz CT molecular complexity index is 997. The second-order valence-corrected chi connectivity index (χ2v) is 7.97. The molecule has 30 heavy (non-hydrogen) atoms. The largest absolute Gasteiger partial charge is 0.416 e. The van der Waals surface area contributed by atoms with Crippen molar-refractivity contribution in [3.63, 3.8) is 0 Å². The van der Waals surface area contributed by atoms with E-state index < -0.39 is 11.7 Å². The van der Waals surface area contributed by atoms with E-state index in [2.05, 4.69) is 10.3 Å². The number of pyridine rings is 1. The van der Waals surface area contributed by atoms with Crippen LogP contribution in [-0.2, 0) is 6.18 Å². The number of nitrogens with one attached hydrogen (secondary N) is 1. The molecule has 0 radical (unpaired) electrons. The maximum atomic E-state index is 12.6. The minimum Gasteiger partial charge on any atom is -0.324 e. The summed E-state index contributed by atoms with van der Waals surface area (Å²) in [5.41, 5.74) is 1.49. The molecule has 2 aromatic heterocycles. The Morgan fingerprint density at radius 2 is 1.87 bits per heavy atom. The molecule has 9 heteroatoms. The molecule has 2 amide bonds. The third-order valence-electron chi connectivity index (χ3n) is 5.07. The molecule has 1 fully saturated rings. The van der Waals surface area contributed by atoms with E-state index >= 15 is 0 Å². The van der Waals surface area contributed by atoms with Gasteiger partial charge in [-0.1, -0.05) is 0 Å². The van der Waals surface area contributed by atoms with Gasteiger partial charge in [-0.2, -0.15) is 13.2 Å². The van der Waals surface area contributed by atoms with Crippen molar-refractivity contribution in [1.29, 1.82) is 0 Å². The van der Waals surface area contributed by atoms with Crippen molar-refractivity contribution in [3.05, 3.63) is 64.7 Å². The number of carbonyl (C=O) groups is 1. The molecule has 0 atom stereocenters. The highest BCUT2D eigenvalue weighted by atomic mass is 32.1. The number of thiazole rings is 1. The van der Waals surface area contributed by atoms with Gasteiger partial charge in [0.25, 0.3) is 0 Å². The summed E-state index contributed by atoms with van der Waals surface area (Å²) in [6.45, 7) is 1.14. The number of rotatable bonds is 3. The number of carbonyl (C=O) groups excluding carboxylic acids is 1. The van der Waals surface area contributed by atoms with Crippen molar-refractivity contribution in [2.45, 2.75) is 24.9 Å². The highest BCUT2D eigenvalue weighted by Gasteiger charge is 2.30. The lowest BCUT2D eigenvalue weighted by Gasteiger charge is -2.31. The van der Waals surface area contributed by atoms with Crippen LogP contribution in [0.2, 0.25) is 0 Å². The van der Waals surface area contributed by atoms with Crippen molar-refractivity contribution in [2.75, 3.05) is 18.4 Å². The number of benzene rings is 1. The summed E-state index contributed by atoms with van der Waals surface area (Å²) in [6.07, 6.45) is 0.702. The van der Waals surface area contributed by atoms with E-state index in [1.165, 1.54) is 12.1 Å². The molecule has 0 spiro atoms. The predicted octanol–water partition coefficient (Wildman–Crippen LogP) is 5.64. The maximum absolute atomic E-state index is 12.6. The molecule has 1 N–H and O–H groups in total. The van der Waals surface area contributed by atoms with E-state index in [0.717, 1.165) is 41.2 Å². The SMILES string of the molecule is O=C(Nc1ccc(C(F)(F)F)cc1)N1CCC(c2nc(-c3cccnc3)cs2)CC1. The molecule has 156 valence electrons. The summed E-state index contributed by atoms with van der Waals surface area (Å²) in [5, 5.41) is 5.75. The van der Waals surface area contributed by atoms with E-state index in [4.69, 9.17) is 4.98 Å². The number of amides is 2. The Labute approximate surface area is 175 Å². The molecule has 0 saturated carbocycles. The van der Waals surface area contributed by atoms with E-state index in [1.807, 2.05) is 17.5 Å². The summed E-state index contributed by atoms with van der Waals surface area (Å²) >= 11 is 1.62. The maximum Gasteiger partial charge on any atom is 0.416 e. The van der Waals surface area contributed by atoms with Crippen molar-refractivity contribution in [3.8, 4) is 11.3 Å². The van der Waals surface area contributed by atoms with Gasteiger partial charge in [0.15, 0.2) is 0 Å². The fourth-order valence-electron chi connectivity index (χ4n) is 3.40. The molecule has 0 unspecified atom stereocenters. The third-order valence-corrected chi connectivity index (χ3v) is 6.08. The zero-order valence-electron chi connectivity index (χ0n) is 15.9. The number of hydrogen-bond donors (Lipinski definition) is 1. The molecule has 0 bridgehead atoms. The van der Waals surface area contributed by atoms with Crippen molar-refractivity contribution in [1.82, 2.24) is 14.9 Å². The highest BCUT2D eigenvalue weighted by Crippen LogP contribution is 2.33. The topological polar surface area (TPSA) is 58.1 Å². The molecule has 5 nitrogen and oxygen atoms in total. The minimum absolute atomic E-state index is 0.288. The first-order valence-electron chi connectivity index (χ1n) is 9.49.